The van der Waals surface area contributed by atoms with Crippen LogP contribution in [0.25, 0.3) is 0 Å². The molecule has 72 heavy (non-hydrogen) atoms. The van der Waals surface area contributed by atoms with Crippen molar-refractivity contribution in [3.05, 3.63) is 29.8 Å². The number of ether oxygens (including phenoxy) is 1. The van der Waals surface area contributed by atoms with Gasteiger partial charge in [-0.05, 0) is 55.7 Å². The molecule has 8 atom stereocenters. The van der Waals surface area contributed by atoms with Gasteiger partial charge in [-0.25, -0.2) is 0 Å². The third-order valence-corrected chi connectivity index (χ3v) is 14.0. The normalized spacial score (nSPS) is 22.5. The Balaban J connectivity index is 2.02. The molecule has 0 spiro atoms. The number of guanidine groups is 1. The summed E-state index contributed by atoms with van der Waals surface area (Å²) in [5, 5.41) is 18.0. The summed E-state index contributed by atoms with van der Waals surface area (Å²) in [7, 11) is 3.72. The summed E-state index contributed by atoms with van der Waals surface area (Å²) in [5.41, 5.74) is 27.6. The Bertz CT molecular complexity index is 2150. The van der Waals surface area contributed by atoms with Crippen LogP contribution in [0.1, 0.15) is 77.2 Å². The van der Waals surface area contributed by atoms with Crippen molar-refractivity contribution in [1.29, 1.82) is 0 Å². The molecule has 2 aliphatic rings. The molecule has 0 radical (unpaired) electrons. The fourth-order valence-corrected chi connectivity index (χ4v) is 9.67. The number of hydrogen-bond acceptors (Lipinski definition) is 15. The van der Waals surface area contributed by atoms with Crippen molar-refractivity contribution in [2.75, 3.05) is 38.2 Å². The quantitative estimate of drug-likeness (QED) is 0.0255. The lowest BCUT2D eigenvalue weighted by atomic mass is 9.96. The Hall–Kier alpha value is -6.84. The molecular formula is C44H68N14O12S2. The third kappa shape index (κ3) is 20.1. The van der Waals surface area contributed by atoms with Gasteiger partial charge in [0.2, 0.25) is 65.0 Å². The monoisotopic (exact) mass is 1050 g/mol. The smallest absolute Gasteiger partial charge is 0.246 e. The Morgan fingerprint density at radius 3 is 2.12 bits per heavy atom. The number of amides is 11. The molecule has 3 rings (SSSR count). The molecule has 0 aliphatic carbocycles. The average Bonchev–Trinajstić information content (AvgIpc) is 3.83. The predicted octanol–water partition coefficient (Wildman–Crippen LogP) is -4.24. The largest absolute Gasteiger partial charge is 0.497 e. The van der Waals surface area contributed by atoms with Gasteiger partial charge in [-0.1, -0.05) is 54.0 Å². The zero-order chi connectivity index (χ0) is 53.5. The maximum atomic E-state index is 14.5. The number of nitrogens with two attached hydrogens (primary N) is 5. The maximum Gasteiger partial charge on any atom is 0.246 e. The number of primary amides is 3. The topological polar surface area (TPSA) is 427 Å². The molecule has 2 aliphatic heterocycles. The van der Waals surface area contributed by atoms with Gasteiger partial charge in [-0.2, -0.15) is 0 Å². The van der Waals surface area contributed by atoms with Crippen molar-refractivity contribution < 1.29 is 57.5 Å². The van der Waals surface area contributed by atoms with Crippen molar-refractivity contribution in [3.63, 3.8) is 0 Å². The second-order valence-electron chi connectivity index (χ2n) is 17.1. The van der Waals surface area contributed by atoms with Crippen molar-refractivity contribution in [1.82, 2.24) is 42.1 Å². The Morgan fingerprint density at radius 2 is 1.50 bits per heavy atom. The van der Waals surface area contributed by atoms with E-state index in [9.17, 15) is 52.7 Å². The standard InChI is InChI=1S/C44H68N14O12S2/c1-4-23(2)36-42(68)54-27(13-14-32(45)59)38(64)55-29(20-33(46)60)39(65)56-30(22-72-71-18-15-35(62)52-28(40(66)57-36)19-24-9-11-25(70-3)12-10-24)43(69)58-17-6-8-31(58)41(67)53-26(7-5-16-50-44(48)49)37(63)51-21-34(47)61/h9-12,23,26-31,36H,4-8,13-22H2,1-3H3,(H2,45,59)(H2,46,60)(H2,47,61)(H,51,63)(H,52,62)(H,53,67)(H,54,68)(H,55,64)(H,56,65)(H,57,66)(H4,48,49,50)/t23-,26-,27-,28-,29-,30+,31-,36-/m0/s1. The van der Waals surface area contributed by atoms with Gasteiger partial charge in [-0.15, -0.1) is 0 Å². The van der Waals surface area contributed by atoms with Crippen molar-refractivity contribution in [3.8, 4) is 5.75 Å². The van der Waals surface area contributed by atoms with E-state index < -0.39 is 133 Å². The molecule has 2 saturated heterocycles. The van der Waals surface area contributed by atoms with Gasteiger partial charge in [0.05, 0.1) is 20.1 Å². The highest BCUT2D eigenvalue weighted by atomic mass is 33.1. The van der Waals surface area contributed by atoms with Crippen LogP contribution in [0.5, 0.6) is 5.75 Å². The second kappa shape index (κ2) is 30.1. The molecular weight excluding hydrogens is 981 g/mol. The molecule has 0 aromatic heterocycles. The molecule has 0 unspecified atom stereocenters. The van der Waals surface area contributed by atoms with Crippen LogP contribution >= 0.6 is 21.6 Å². The summed E-state index contributed by atoms with van der Waals surface area (Å²) < 4.78 is 5.25. The van der Waals surface area contributed by atoms with Gasteiger partial charge in [0.1, 0.15) is 48.0 Å². The minimum Gasteiger partial charge on any atom is -0.497 e. The highest BCUT2D eigenvalue weighted by molar-refractivity contribution is 8.76. The number of aliphatic imine (C=N–C) groups is 1. The molecule has 28 heteroatoms. The summed E-state index contributed by atoms with van der Waals surface area (Å²) in [6.07, 6.45) is -0.617. The predicted molar refractivity (Wildman–Crippen MR) is 266 cm³/mol. The SMILES string of the molecule is CC[C@H](C)[C@@H]1NC(=O)[C@H](Cc2ccc(OC)cc2)NC(=O)CCSSC[C@H](C(=O)N2CCC[C@H]2C(=O)N[C@@H](CCCN=C(N)N)C(=O)NCC(N)=O)NC(=O)[C@H](CC(N)=O)NC(=O)[C@H](CCC(N)=O)NC1=O. The molecule has 17 N–H and O–H groups in total. The first kappa shape index (κ1) is 59.5. The maximum absolute atomic E-state index is 14.5. The zero-order valence-corrected chi connectivity index (χ0v) is 42.2. The first-order valence-electron chi connectivity index (χ1n) is 23.3. The fourth-order valence-electron chi connectivity index (χ4n) is 7.53. The Kier molecular flexibility index (Phi) is 24.9. The number of carbonyl (C=O) groups excluding carboxylic acids is 11. The van der Waals surface area contributed by atoms with Crippen molar-refractivity contribution >= 4 is 92.5 Å². The first-order chi connectivity index (χ1) is 34.1. The van der Waals surface area contributed by atoms with Crippen LogP contribution in [0, 0.1) is 5.92 Å². The Labute approximate surface area is 424 Å². The molecule has 2 fully saturated rings. The first-order valence-corrected chi connectivity index (χ1v) is 25.8. The van der Waals surface area contributed by atoms with Crippen LogP contribution in [0.2, 0.25) is 0 Å². The van der Waals surface area contributed by atoms with E-state index in [1.54, 1.807) is 38.1 Å². The van der Waals surface area contributed by atoms with E-state index >= 15 is 0 Å². The summed E-state index contributed by atoms with van der Waals surface area (Å²) in [5.74, 6) is -9.35. The molecule has 2 heterocycles. The Morgan fingerprint density at radius 1 is 0.833 bits per heavy atom. The minimum atomic E-state index is -1.75. The van der Waals surface area contributed by atoms with Crippen molar-refractivity contribution in [2.45, 2.75) is 120 Å². The number of nitrogens with zero attached hydrogens (tertiary/aromatic N) is 2. The van der Waals surface area contributed by atoms with Crippen LogP contribution in [-0.2, 0) is 59.2 Å². The molecule has 1 aromatic rings. The molecule has 26 nitrogen and oxygen atoms in total. The summed E-state index contributed by atoms with van der Waals surface area (Å²) >= 11 is 0. The van der Waals surface area contributed by atoms with Crippen LogP contribution in [0.15, 0.2) is 29.3 Å². The minimum absolute atomic E-state index is 0.00474. The van der Waals surface area contributed by atoms with E-state index in [-0.39, 0.29) is 69.1 Å². The van der Waals surface area contributed by atoms with Gasteiger partial charge in [0, 0.05) is 43.9 Å². The lowest BCUT2D eigenvalue weighted by Crippen LogP contribution is -2.61. The number of carbonyl (C=O) groups is 11. The lowest BCUT2D eigenvalue weighted by Gasteiger charge is -2.31. The van der Waals surface area contributed by atoms with Crippen molar-refractivity contribution in [2.24, 2.45) is 39.6 Å². The van der Waals surface area contributed by atoms with E-state index in [4.69, 9.17) is 33.4 Å². The van der Waals surface area contributed by atoms with Gasteiger partial charge >= 0.3 is 0 Å². The van der Waals surface area contributed by atoms with E-state index in [2.05, 4.69) is 42.2 Å². The average molecular weight is 1050 g/mol. The lowest BCUT2D eigenvalue weighted by molar-refractivity contribution is -0.142. The number of methoxy groups -OCH3 is 1. The highest BCUT2D eigenvalue weighted by Gasteiger charge is 2.40. The van der Waals surface area contributed by atoms with E-state index in [0.717, 1.165) is 21.6 Å². The highest BCUT2D eigenvalue weighted by Crippen LogP contribution is 2.26. The zero-order valence-electron chi connectivity index (χ0n) is 40.5. The van der Waals surface area contributed by atoms with E-state index in [0.29, 0.717) is 24.2 Å². The molecule has 11 amide bonds. The number of likely N-dealkylation sites (tertiary alicyclic amines) is 1. The van der Waals surface area contributed by atoms with Crippen LogP contribution < -0.4 is 70.6 Å². The molecule has 398 valence electrons. The van der Waals surface area contributed by atoms with Gasteiger partial charge in [0.25, 0.3) is 0 Å². The fraction of sp³-hybridized carbons (Fsp3) is 0.591. The van der Waals surface area contributed by atoms with Crippen LogP contribution in [-0.4, -0.2) is 156 Å². The van der Waals surface area contributed by atoms with Crippen LogP contribution in [0.4, 0.5) is 0 Å². The van der Waals surface area contributed by atoms with Crippen LogP contribution in [0.3, 0.4) is 0 Å². The van der Waals surface area contributed by atoms with E-state index in [1.165, 1.54) is 12.0 Å². The van der Waals surface area contributed by atoms with E-state index in [1.807, 2.05) is 0 Å². The number of rotatable bonds is 20. The summed E-state index contributed by atoms with van der Waals surface area (Å²) in [6, 6.07) is -2.80. The summed E-state index contributed by atoms with van der Waals surface area (Å²) in [6.45, 7) is 3.07. The number of hydrogen-bond donors (Lipinski definition) is 12. The number of benzene rings is 1. The second-order valence-corrected chi connectivity index (χ2v) is 19.8. The third-order valence-electron chi connectivity index (χ3n) is 11.6. The van der Waals surface area contributed by atoms with Gasteiger partial charge in [-0.3, -0.25) is 57.7 Å². The number of nitrogens with one attached hydrogen (secondary N) is 7. The summed E-state index contributed by atoms with van der Waals surface area (Å²) in [4.78, 5) is 152. The van der Waals surface area contributed by atoms with Gasteiger partial charge in [0.15, 0.2) is 5.96 Å². The van der Waals surface area contributed by atoms with Gasteiger partial charge < -0.3 is 75.5 Å². The molecule has 1 aromatic carbocycles. The molecule has 0 bridgehead atoms. The molecule has 0 saturated carbocycles.